The van der Waals surface area contributed by atoms with Crippen LogP contribution in [0, 0.1) is 6.92 Å². The Kier molecular flexibility index (Phi) is 6.65. The van der Waals surface area contributed by atoms with E-state index in [1.54, 1.807) is 0 Å². The minimum absolute atomic E-state index is 0.403. The van der Waals surface area contributed by atoms with Crippen molar-refractivity contribution in [2.45, 2.75) is 26.1 Å². The third-order valence-corrected chi connectivity index (χ3v) is 3.33. The molecule has 16 heavy (non-hydrogen) atoms. The second kappa shape index (κ2) is 7.80. The highest BCUT2D eigenvalue weighted by Gasteiger charge is 2.04. The van der Waals surface area contributed by atoms with Crippen molar-refractivity contribution >= 4 is 23.4 Å². The summed E-state index contributed by atoms with van der Waals surface area (Å²) >= 11 is 7.75. The number of aromatic nitrogens is 1. The van der Waals surface area contributed by atoms with E-state index < -0.39 is 0 Å². The van der Waals surface area contributed by atoms with E-state index >= 15 is 0 Å². The molecule has 0 aliphatic carbocycles. The van der Waals surface area contributed by atoms with Gasteiger partial charge in [0.1, 0.15) is 5.75 Å². The van der Waals surface area contributed by atoms with Gasteiger partial charge in [-0.3, -0.25) is 4.98 Å². The maximum atomic E-state index is 5.82. The number of ether oxygens (including phenoxy) is 1. The van der Waals surface area contributed by atoms with E-state index in [0.717, 1.165) is 35.9 Å². The quantitative estimate of drug-likeness (QED) is 0.551. The van der Waals surface area contributed by atoms with Gasteiger partial charge < -0.3 is 4.74 Å². The maximum absolute atomic E-state index is 5.82. The monoisotopic (exact) mass is 259 g/mol. The van der Waals surface area contributed by atoms with E-state index in [9.17, 15) is 0 Å². The van der Waals surface area contributed by atoms with Crippen LogP contribution in [0.5, 0.6) is 5.75 Å². The smallest absolute Gasteiger partial charge is 0.142 e. The van der Waals surface area contributed by atoms with Crippen molar-refractivity contribution < 1.29 is 4.74 Å². The van der Waals surface area contributed by atoms with Gasteiger partial charge in [-0.05, 0) is 37.0 Å². The van der Waals surface area contributed by atoms with E-state index in [4.69, 9.17) is 16.3 Å². The molecule has 0 amide bonds. The average Bonchev–Trinajstić information content (AvgIpc) is 2.30. The van der Waals surface area contributed by atoms with Crippen molar-refractivity contribution in [3.63, 3.8) is 0 Å². The molecule has 0 radical (unpaired) electrons. The summed E-state index contributed by atoms with van der Waals surface area (Å²) in [5.74, 6) is 3.54. The number of halogens is 1. The highest BCUT2D eigenvalue weighted by Crippen LogP contribution is 2.19. The number of hydrogen-bond donors (Lipinski definition) is 0. The number of aryl methyl sites for hydroxylation is 1. The van der Waals surface area contributed by atoms with Crippen LogP contribution in [0.1, 0.15) is 24.7 Å². The summed E-state index contributed by atoms with van der Waals surface area (Å²) in [5.41, 5.74) is 1.81. The van der Waals surface area contributed by atoms with Crippen LogP contribution in [0.2, 0.25) is 0 Å². The summed E-state index contributed by atoms with van der Waals surface area (Å²) in [6.45, 7) is 4.86. The standard InChI is InChI=1S/C12H18ClNOS/c1-3-16-8-4-7-15-12-6-5-10(2)14-11(12)9-13/h5-6H,3-4,7-9H2,1-2H3. The first kappa shape index (κ1) is 13.7. The minimum atomic E-state index is 0.403. The molecule has 1 aromatic rings. The number of hydrogen-bond acceptors (Lipinski definition) is 3. The normalized spacial score (nSPS) is 10.4. The van der Waals surface area contributed by atoms with Crippen molar-refractivity contribution in [3.8, 4) is 5.75 Å². The van der Waals surface area contributed by atoms with E-state index in [2.05, 4.69) is 11.9 Å². The Balaban J connectivity index is 2.41. The van der Waals surface area contributed by atoms with Crippen LogP contribution in [0.15, 0.2) is 12.1 Å². The third-order valence-electron chi connectivity index (χ3n) is 2.09. The molecule has 0 atom stereocenters. The lowest BCUT2D eigenvalue weighted by atomic mass is 10.3. The fourth-order valence-electron chi connectivity index (χ4n) is 1.31. The highest BCUT2D eigenvalue weighted by atomic mass is 35.5. The minimum Gasteiger partial charge on any atom is -0.492 e. The molecule has 4 heteroatoms. The fraction of sp³-hybridized carbons (Fsp3) is 0.583. The number of nitrogens with zero attached hydrogens (tertiary/aromatic N) is 1. The number of alkyl halides is 1. The Labute approximate surface area is 107 Å². The molecule has 90 valence electrons. The molecule has 1 aromatic heterocycles. The zero-order valence-corrected chi connectivity index (χ0v) is 11.4. The number of thioether (sulfide) groups is 1. The molecule has 0 unspecified atom stereocenters. The molecular weight excluding hydrogens is 242 g/mol. The molecule has 0 saturated heterocycles. The lowest BCUT2D eigenvalue weighted by molar-refractivity contribution is 0.314. The molecule has 2 nitrogen and oxygen atoms in total. The largest absolute Gasteiger partial charge is 0.492 e. The Bertz CT molecular complexity index is 320. The third kappa shape index (κ3) is 4.62. The first-order valence-corrected chi connectivity index (χ1v) is 7.20. The number of pyridine rings is 1. The van der Waals surface area contributed by atoms with Gasteiger partial charge in [-0.1, -0.05) is 6.92 Å². The maximum Gasteiger partial charge on any atom is 0.142 e. The van der Waals surface area contributed by atoms with E-state index in [1.165, 1.54) is 5.75 Å². The van der Waals surface area contributed by atoms with Crippen LogP contribution < -0.4 is 4.74 Å². The van der Waals surface area contributed by atoms with Gasteiger partial charge in [-0.25, -0.2) is 0 Å². The van der Waals surface area contributed by atoms with Crippen LogP contribution in [0.3, 0.4) is 0 Å². The molecule has 1 rings (SSSR count). The molecule has 0 aromatic carbocycles. The molecule has 0 aliphatic heterocycles. The second-order valence-corrected chi connectivity index (χ2v) is 5.09. The summed E-state index contributed by atoms with van der Waals surface area (Å²) in [6.07, 6.45) is 1.06. The van der Waals surface area contributed by atoms with Crippen molar-refractivity contribution in [2.75, 3.05) is 18.1 Å². The van der Waals surface area contributed by atoms with E-state index in [1.807, 2.05) is 30.8 Å². The molecule has 0 saturated carbocycles. The Morgan fingerprint density at radius 1 is 1.44 bits per heavy atom. The number of rotatable bonds is 7. The molecule has 0 aliphatic rings. The SMILES string of the molecule is CCSCCCOc1ccc(C)nc1CCl. The zero-order valence-electron chi connectivity index (χ0n) is 9.83. The molecular formula is C12H18ClNOS. The lowest BCUT2D eigenvalue weighted by Crippen LogP contribution is -2.02. The van der Waals surface area contributed by atoms with Gasteiger partial charge >= 0.3 is 0 Å². The summed E-state index contributed by atoms with van der Waals surface area (Å²) < 4.78 is 5.67. The van der Waals surface area contributed by atoms with Gasteiger partial charge in [-0.2, -0.15) is 11.8 Å². The topological polar surface area (TPSA) is 22.1 Å². The van der Waals surface area contributed by atoms with Gasteiger partial charge in [0.25, 0.3) is 0 Å². The molecule has 1 heterocycles. The Hall–Kier alpha value is -0.410. The van der Waals surface area contributed by atoms with Gasteiger partial charge in [0, 0.05) is 5.69 Å². The molecule has 0 N–H and O–H groups in total. The molecule has 0 bridgehead atoms. The van der Waals surface area contributed by atoms with Crippen molar-refractivity contribution in [3.05, 3.63) is 23.5 Å². The Morgan fingerprint density at radius 2 is 2.25 bits per heavy atom. The Morgan fingerprint density at radius 3 is 2.94 bits per heavy atom. The van der Waals surface area contributed by atoms with Gasteiger partial charge in [0.15, 0.2) is 0 Å². The average molecular weight is 260 g/mol. The van der Waals surface area contributed by atoms with Crippen LogP contribution in [0.4, 0.5) is 0 Å². The van der Waals surface area contributed by atoms with Gasteiger partial charge in [0.05, 0.1) is 18.2 Å². The summed E-state index contributed by atoms with van der Waals surface area (Å²) in [7, 11) is 0. The first-order valence-electron chi connectivity index (χ1n) is 5.51. The van der Waals surface area contributed by atoms with Gasteiger partial charge in [0.2, 0.25) is 0 Å². The van der Waals surface area contributed by atoms with Gasteiger partial charge in [-0.15, -0.1) is 11.6 Å². The van der Waals surface area contributed by atoms with Crippen molar-refractivity contribution in [1.29, 1.82) is 0 Å². The van der Waals surface area contributed by atoms with Crippen LogP contribution in [-0.2, 0) is 5.88 Å². The van der Waals surface area contributed by atoms with Crippen molar-refractivity contribution in [2.24, 2.45) is 0 Å². The zero-order chi connectivity index (χ0) is 11.8. The predicted molar refractivity (Wildman–Crippen MR) is 71.6 cm³/mol. The lowest BCUT2D eigenvalue weighted by Gasteiger charge is -2.09. The van der Waals surface area contributed by atoms with Crippen LogP contribution in [-0.4, -0.2) is 23.1 Å². The van der Waals surface area contributed by atoms with Crippen molar-refractivity contribution in [1.82, 2.24) is 4.98 Å². The molecule has 0 fully saturated rings. The van der Waals surface area contributed by atoms with E-state index in [-0.39, 0.29) is 0 Å². The van der Waals surface area contributed by atoms with Crippen LogP contribution in [0.25, 0.3) is 0 Å². The predicted octanol–water partition coefficient (Wildman–Crippen LogP) is 3.65. The summed E-state index contributed by atoms with van der Waals surface area (Å²) in [4.78, 5) is 4.34. The second-order valence-electron chi connectivity index (χ2n) is 3.43. The summed E-state index contributed by atoms with van der Waals surface area (Å²) in [5, 5.41) is 0. The molecule has 0 spiro atoms. The van der Waals surface area contributed by atoms with E-state index in [0.29, 0.717) is 5.88 Å². The fourth-order valence-corrected chi connectivity index (χ4v) is 2.11. The first-order chi connectivity index (χ1) is 7.77. The summed E-state index contributed by atoms with van der Waals surface area (Å²) in [6, 6.07) is 3.90. The van der Waals surface area contributed by atoms with Crippen LogP contribution >= 0.6 is 23.4 Å². The highest BCUT2D eigenvalue weighted by molar-refractivity contribution is 7.99.